The summed E-state index contributed by atoms with van der Waals surface area (Å²) in [6.07, 6.45) is 1.27. The molecule has 0 saturated carbocycles. The third kappa shape index (κ3) is 3.57. The minimum absolute atomic E-state index is 0.0756. The van der Waals surface area contributed by atoms with E-state index in [4.69, 9.17) is 10.9 Å². The molecule has 9 heteroatoms. The molecule has 0 fully saturated rings. The highest BCUT2D eigenvalue weighted by Gasteiger charge is 2.26. The van der Waals surface area contributed by atoms with E-state index in [9.17, 15) is 8.42 Å². The number of nitrogens with zero attached hydrogens (tertiary/aromatic N) is 2. The number of aromatic nitrogens is 1. The van der Waals surface area contributed by atoms with Crippen molar-refractivity contribution >= 4 is 27.2 Å². The maximum Gasteiger partial charge on any atom is 0.252 e. The fraction of sp³-hybridized carbons (Fsp3) is 0.167. The Hall–Kier alpha value is -1.97. The van der Waals surface area contributed by atoms with Crippen molar-refractivity contribution in [3.05, 3.63) is 47.1 Å². The molecule has 4 N–H and O–H groups in total. The predicted molar refractivity (Wildman–Crippen MR) is 79.8 cm³/mol. The Morgan fingerprint density at radius 2 is 2.10 bits per heavy atom. The molecular weight excluding hydrogens is 312 g/mol. The van der Waals surface area contributed by atoms with Crippen molar-refractivity contribution < 1.29 is 13.6 Å². The molecule has 0 saturated heterocycles. The number of hydrogen-bond acceptors (Lipinski definition) is 6. The third-order valence-electron chi connectivity index (χ3n) is 2.68. The molecule has 7 nitrogen and oxygen atoms in total. The van der Waals surface area contributed by atoms with E-state index < -0.39 is 16.1 Å². The van der Waals surface area contributed by atoms with Crippen LogP contribution in [0.2, 0.25) is 0 Å². The standard InChI is InChI=1S/C12H14N4O3S2/c1-8-14-7-10(20-8)21(18,19)16-11(12(13)15-17)9-5-3-2-4-6-9/h2-7,11,16-17H,1H3,(H2,13,15). The summed E-state index contributed by atoms with van der Waals surface area (Å²) in [4.78, 5) is 3.92. The summed E-state index contributed by atoms with van der Waals surface area (Å²) >= 11 is 1.05. The Morgan fingerprint density at radius 3 is 2.62 bits per heavy atom. The molecule has 0 amide bonds. The van der Waals surface area contributed by atoms with Gasteiger partial charge in [-0.3, -0.25) is 0 Å². The number of benzene rings is 1. The predicted octanol–water partition coefficient (Wildman–Crippen LogP) is 1.22. The summed E-state index contributed by atoms with van der Waals surface area (Å²) in [6, 6.07) is 7.67. The van der Waals surface area contributed by atoms with Crippen LogP contribution < -0.4 is 10.5 Å². The lowest BCUT2D eigenvalue weighted by molar-refractivity contribution is 0.315. The lowest BCUT2D eigenvalue weighted by Gasteiger charge is -2.17. The topological polar surface area (TPSA) is 118 Å². The van der Waals surface area contributed by atoms with E-state index in [2.05, 4.69) is 14.9 Å². The van der Waals surface area contributed by atoms with E-state index in [0.717, 1.165) is 11.3 Å². The van der Waals surface area contributed by atoms with Crippen molar-refractivity contribution in [3.8, 4) is 0 Å². The van der Waals surface area contributed by atoms with Gasteiger partial charge in [0.05, 0.1) is 11.2 Å². The van der Waals surface area contributed by atoms with E-state index in [-0.39, 0.29) is 10.0 Å². The van der Waals surface area contributed by atoms with Crippen LogP contribution in [-0.2, 0) is 10.0 Å². The number of amidine groups is 1. The molecule has 1 unspecified atom stereocenters. The van der Waals surface area contributed by atoms with E-state index in [1.54, 1.807) is 37.3 Å². The second-order valence-corrected chi connectivity index (χ2v) is 7.36. The first-order valence-corrected chi connectivity index (χ1v) is 8.21. The summed E-state index contributed by atoms with van der Waals surface area (Å²) in [5, 5.41) is 12.4. The highest BCUT2D eigenvalue weighted by Crippen LogP contribution is 2.21. The fourth-order valence-electron chi connectivity index (χ4n) is 1.68. The molecule has 0 spiro atoms. The average molecular weight is 326 g/mol. The zero-order chi connectivity index (χ0) is 15.5. The summed E-state index contributed by atoms with van der Waals surface area (Å²) < 4.78 is 27.1. The highest BCUT2D eigenvalue weighted by atomic mass is 32.2. The molecule has 2 rings (SSSR count). The number of nitrogens with two attached hydrogens (primary N) is 1. The molecule has 112 valence electrons. The van der Waals surface area contributed by atoms with E-state index in [1.165, 1.54) is 6.20 Å². The maximum atomic E-state index is 12.3. The molecule has 21 heavy (non-hydrogen) atoms. The molecule has 1 atom stereocenters. The number of rotatable bonds is 5. The second-order valence-electron chi connectivity index (χ2n) is 4.19. The van der Waals surface area contributed by atoms with Crippen LogP contribution >= 0.6 is 11.3 Å². The van der Waals surface area contributed by atoms with E-state index in [1.807, 2.05) is 0 Å². The quantitative estimate of drug-likeness (QED) is 0.330. The number of oxime groups is 1. The molecule has 0 radical (unpaired) electrons. The van der Waals surface area contributed by atoms with Crippen LogP contribution in [0.1, 0.15) is 16.6 Å². The van der Waals surface area contributed by atoms with Gasteiger partial charge in [-0.15, -0.1) is 11.3 Å². The van der Waals surface area contributed by atoms with Crippen molar-refractivity contribution in [1.29, 1.82) is 0 Å². The Labute approximate surface area is 126 Å². The molecule has 1 heterocycles. The summed E-state index contributed by atoms with van der Waals surface area (Å²) in [7, 11) is -3.81. The van der Waals surface area contributed by atoms with E-state index in [0.29, 0.717) is 10.6 Å². The van der Waals surface area contributed by atoms with Crippen LogP contribution in [0.4, 0.5) is 0 Å². The normalized spacial score (nSPS) is 14.0. The minimum Gasteiger partial charge on any atom is -0.409 e. The maximum absolute atomic E-state index is 12.3. The second kappa shape index (κ2) is 6.20. The first kappa shape index (κ1) is 15.4. The number of sulfonamides is 1. The smallest absolute Gasteiger partial charge is 0.252 e. The Bertz CT molecular complexity index is 741. The molecule has 0 aliphatic rings. The molecule has 1 aromatic heterocycles. The van der Waals surface area contributed by atoms with Crippen LogP contribution in [0.5, 0.6) is 0 Å². The van der Waals surface area contributed by atoms with Gasteiger partial charge < -0.3 is 10.9 Å². The van der Waals surface area contributed by atoms with Crippen LogP contribution in [0.15, 0.2) is 45.9 Å². The first-order valence-electron chi connectivity index (χ1n) is 5.91. The molecule has 0 aliphatic heterocycles. The molecule has 1 aromatic carbocycles. The van der Waals surface area contributed by atoms with Gasteiger partial charge in [-0.2, -0.15) is 4.72 Å². The zero-order valence-electron chi connectivity index (χ0n) is 11.1. The van der Waals surface area contributed by atoms with Crippen LogP contribution in [0.25, 0.3) is 0 Å². The Kier molecular flexibility index (Phi) is 4.56. The van der Waals surface area contributed by atoms with Gasteiger partial charge >= 0.3 is 0 Å². The van der Waals surface area contributed by atoms with Crippen molar-refractivity contribution in [2.45, 2.75) is 17.2 Å². The SMILES string of the molecule is Cc1ncc(S(=O)(=O)NC(/C(N)=N/O)c2ccccc2)s1. The minimum atomic E-state index is -3.81. The largest absolute Gasteiger partial charge is 0.409 e. The fourth-order valence-corrected chi connectivity index (χ4v) is 4.00. The van der Waals surface area contributed by atoms with Crippen LogP contribution in [0, 0.1) is 6.92 Å². The van der Waals surface area contributed by atoms with E-state index >= 15 is 0 Å². The number of nitrogens with one attached hydrogen (secondary N) is 1. The van der Waals surface area contributed by atoms with Crippen LogP contribution in [-0.4, -0.2) is 24.4 Å². The molecule has 0 bridgehead atoms. The molecule has 0 aliphatic carbocycles. The summed E-state index contributed by atoms with van der Waals surface area (Å²) in [5.41, 5.74) is 6.17. The monoisotopic (exact) mass is 326 g/mol. The summed E-state index contributed by atoms with van der Waals surface area (Å²) in [6.45, 7) is 1.71. The summed E-state index contributed by atoms with van der Waals surface area (Å²) in [5.74, 6) is -0.244. The van der Waals surface area contributed by atoms with Gasteiger partial charge in [-0.1, -0.05) is 35.5 Å². The highest BCUT2D eigenvalue weighted by molar-refractivity contribution is 7.91. The lowest BCUT2D eigenvalue weighted by atomic mass is 10.1. The third-order valence-corrected chi connectivity index (χ3v) is 5.48. The van der Waals surface area contributed by atoms with Gasteiger partial charge in [-0.05, 0) is 12.5 Å². The van der Waals surface area contributed by atoms with Gasteiger partial charge in [0.1, 0.15) is 6.04 Å². The number of hydrogen-bond donors (Lipinski definition) is 3. The lowest BCUT2D eigenvalue weighted by Crippen LogP contribution is -2.37. The Balaban J connectivity index is 2.36. The molecular formula is C12H14N4O3S2. The van der Waals surface area contributed by atoms with Gasteiger partial charge in [0.25, 0.3) is 10.0 Å². The van der Waals surface area contributed by atoms with Crippen LogP contribution in [0.3, 0.4) is 0 Å². The van der Waals surface area contributed by atoms with Gasteiger partial charge in [0.15, 0.2) is 10.0 Å². The number of aryl methyl sites for hydroxylation is 1. The van der Waals surface area contributed by atoms with Gasteiger partial charge in [0.2, 0.25) is 0 Å². The average Bonchev–Trinajstić information content (AvgIpc) is 2.92. The zero-order valence-corrected chi connectivity index (χ0v) is 12.7. The van der Waals surface area contributed by atoms with Crippen molar-refractivity contribution in [1.82, 2.24) is 9.71 Å². The van der Waals surface area contributed by atoms with Crippen molar-refractivity contribution in [2.75, 3.05) is 0 Å². The molecule has 2 aromatic rings. The van der Waals surface area contributed by atoms with Gasteiger partial charge in [-0.25, -0.2) is 13.4 Å². The van der Waals surface area contributed by atoms with Crippen molar-refractivity contribution in [2.24, 2.45) is 10.9 Å². The van der Waals surface area contributed by atoms with Crippen molar-refractivity contribution in [3.63, 3.8) is 0 Å². The number of thiazole rings is 1. The van der Waals surface area contributed by atoms with Gasteiger partial charge in [0, 0.05) is 0 Å². The first-order chi connectivity index (χ1) is 9.94. The Morgan fingerprint density at radius 1 is 1.43 bits per heavy atom.